The third-order valence-electron chi connectivity index (χ3n) is 6.03. The second kappa shape index (κ2) is 10.0. The van der Waals surface area contributed by atoms with Crippen molar-refractivity contribution in [3.8, 4) is 0 Å². The summed E-state index contributed by atoms with van der Waals surface area (Å²) in [5, 5.41) is 6.00. The molecule has 0 unspecified atom stereocenters. The molecule has 2 aromatic carbocycles. The number of benzene rings is 2. The number of hydrogen-bond acceptors (Lipinski definition) is 4. The number of nitrogens with one attached hydrogen (secondary N) is 2. The molecule has 1 atom stereocenters. The van der Waals surface area contributed by atoms with Crippen molar-refractivity contribution in [1.29, 1.82) is 0 Å². The molecule has 0 spiro atoms. The average Bonchev–Trinajstić information content (AvgIpc) is 2.77. The number of fused-ring (bicyclic) bond motifs is 1. The van der Waals surface area contributed by atoms with Crippen molar-refractivity contribution in [1.82, 2.24) is 15.1 Å². The molecule has 164 valence electrons. The van der Waals surface area contributed by atoms with Gasteiger partial charge in [0.05, 0.1) is 19.1 Å². The molecule has 1 fully saturated rings. The van der Waals surface area contributed by atoms with Crippen LogP contribution in [0.5, 0.6) is 0 Å². The molecular weight excluding hydrogens is 395 g/mol. The minimum atomic E-state index is -0.328. The summed E-state index contributed by atoms with van der Waals surface area (Å²) in [7, 11) is 0. The number of hydrogen-bond donors (Lipinski definition) is 2. The number of anilines is 1. The van der Waals surface area contributed by atoms with E-state index in [1.165, 1.54) is 23.3 Å². The largest absolute Gasteiger partial charge is 0.348 e. The summed E-state index contributed by atoms with van der Waals surface area (Å²) in [5.74, 6) is -0.385. The Balaban J connectivity index is 1.19. The minimum absolute atomic E-state index is 0.0594. The van der Waals surface area contributed by atoms with Gasteiger partial charge in [-0.1, -0.05) is 24.3 Å². The number of carbonyl (C=O) groups excluding carboxylic acids is 2. The summed E-state index contributed by atoms with van der Waals surface area (Å²) in [4.78, 5) is 29.1. The van der Waals surface area contributed by atoms with Gasteiger partial charge in [-0.05, 0) is 54.7 Å². The average molecular weight is 425 g/mol. The second-order valence-corrected chi connectivity index (χ2v) is 8.32. The first-order valence-electron chi connectivity index (χ1n) is 10.9. The maximum Gasteiger partial charge on any atom is 0.238 e. The Hall–Kier alpha value is -2.77. The first kappa shape index (κ1) is 21.5. The number of nitrogens with zero attached hydrogens (tertiary/aromatic N) is 2. The zero-order chi connectivity index (χ0) is 21.6. The van der Waals surface area contributed by atoms with Crippen molar-refractivity contribution in [3.63, 3.8) is 0 Å². The molecule has 7 heteroatoms. The van der Waals surface area contributed by atoms with E-state index in [4.69, 9.17) is 0 Å². The Kier molecular flexibility index (Phi) is 6.94. The van der Waals surface area contributed by atoms with Crippen molar-refractivity contribution in [2.24, 2.45) is 0 Å². The molecule has 2 amide bonds. The SMILES string of the molecule is O=C(CN1CCN(CC(=O)N[C@H]2CCCc3ccccc32)CC1)Nc1ccc(F)cc1. The van der Waals surface area contributed by atoms with Gasteiger partial charge in [-0.3, -0.25) is 19.4 Å². The molecule has 2 aliphatic rings. The normalized spacial score (nSPS) is 19.5. The highest BCUT2D eigenvalue weighted by Crippen LogP contribution is 2.29. The molecule has 0 aromatic heterocycles. The Morgan fingerprint density at radius 3 is 2.26 bits per heavy atom. The predicted molar refractivity (Wildman–Crippen MR) is 118 cm³/mol. The Morgan fingerprint density at radius 1 is 0.903 bits per heavy atom. The fourth-order valence-electron chi connectivity index (χ4n) is 4.39. The van der Waals surface area contributed by atoms with E-state index in [1.807, 2.05) is 6.07 Å². The van der Waals surface area contributed by atoms with Crippen LogP contribution in [0.15, 0.2) is 48.5 Å². The van der Waals surface area contributed by atoms with Crippen LogP contribution in [0.25, 0.3) is 0 Å². The quantitative estimate of drug-likeness (QED) is 0.748. The minimum Gasteiger partial charge on any atom is -0.348 e. The van der Waals surface area contributed by atoms with Crippen LogP contribution >= 0.6 is 0 Å². The van der Waals surface area contributed by atoms with Crippen LogP contribution in [0, 0.1) is 5.82 Å². The first-order chi connectivity index (χ1) is 15.1. The molecule has 1 saturated heterocycles. The van der Waals surface area contributed by atoms with Gasteiger partial charge >= 0.3 is 0 Å². The molecule has 2 aromatic rings. The Bertz CT molecular complexity index is 910. The summed E-state index contributed by atoms with van der Waals surface area (Å²) in [5.41, 5.74) is 3.18. The molecule has 0 bridgehead atoms. The van der Waals surface area contributed by atoms with Crippen molar-refractivity contribution >= 4 is 17.5 Å². The van der Waals surface area contributed by atoms with Gasteiger partial charge in [0, 0.05) is 31.9 Å². The van der Waals surface area contributed by atoms with Crippen LogP contribution in [0.1, 0.15) is 30.0 Å². The van der Waals surface area contributed by atoms with Gasteiger partial charge in [-0.15, -0.1) is 0 Å². The first-order valence-corrected chi connectivity index (χ1v) is 10.9. The highest BCUT2D eigenvalue weighted by molar-refractivity contribution is 5.92. The van der Waals surface area contributed by atoms with E-state index in [0.717, 1.165) is 45.4 Å². The third kappa shape index (κ3) is 5.89. The Labute approximate surface area is 182 Å². The highest BCUT2D eigenvalue weighted by Gasteiger charge is 2.24. The number of carbonyl (C=O) groups is 2. The molecule has 1 heterocycles. The summed E-state index contributed by atoms with van der Waals surface area (Å²) in [6, 6.07) is 14.2. The summed E-state index contributed by atoms with van der Waals surface area (Å²) < 4.78 is 13.0. The van der Waals surface area contributed by atoms with Gasteiger partial charge in [0.15, 0.2) is 0 Å². The van der Waals surface area contributed by atoms with E-state index in [-0.39, 0.29) is 30.2 Å². The fraction of sp³-hybridized carbons (Fsp3) is 0.417. The summed E-state index contributed by atoms with van der Waals surface area (Å²) >= 11 is 0. The molecular formula is C24H29FN4O2. The topological polar surface area (TPSA) is 64.7 Å². The van der Waals surface area contributed by atoms with E-state index < -0.39 is 0 Å². The predicted octanol–water partition coefficient (Wildman–Crippen LogP) is 2.58. The smallest absolute Gasteiger partial charge is 0.238 e. The van der Waals surface area contributed by atoms with Crippen LogP contribution in [-0.2, 0) is 16.0 Å². The van der Waals surface area contributed by atoms with Gasteiger partial charge in [0.2, 0.25) is 11.8 Å². The molecule has 1 aliphatic heterocycles. The Morgan fingerprint density at radius 2 is 1.55 bits per heavy atom. The van der Waals surface area contributed by atoms with Crippen LogP contribution in [0.3, 0.4) is 0 Å². The number of amides is 2. The fourth-order valence-corrected chi connectivity index (χ4v) is 4.39. The number of halogens is 1. The zero-order valence-electron chi connectivity index (χ0n) is 17.6. The maximum atomic E-state index is 13.0. The van der Waals surface area contributed by atoms with E-state index in [2.05, 4.69) is 38.6 Å². The van der Waals surface area contributed by atoms with Gasteiger partial charge < -0.3 is 10.6 Å². The highest BCUT2D eigenvalue weighted by atomic mass is 19.1. The van der Waals surface area contributed by atoms with Gasteiger partial charge in [-0.2, -0.15) is 0 Å². The molecule has 0 saturated carbocycles. The van der Waals surface area contributed by atoms with E-state index in [1.54, 1.807) is 12.1 Å². The van der Waals surface area contributed by atoms with Gasteiger partial charge in [0.25, 0.3) is 0 Å². The van der Waals surface area contributed by atoms with Crippen LogP contribution in [0.4, 0.5) is 10.1 Å². The molecule has 4 rings (SSSR count). The van der Waals surface area contributed by atoms with E-state index >= 15 is 0 Å². The third-order valence-corrected chi connectivity index (χ3v) is 6.03. The van der Waals surface area contributed by atoms with Crippen LogP contribution in [0.2, 0.25) is 0 Å². The lowest BCUT2D eigenvalue weighted by molar-refractivity contribution is -0.124. The van der Waals surface area contributed by atoms with Crippen molar-refractivity contribution < 1.29 is 14.0 Å². The lowest BCUT2D eigenvalue weighted by atomic mass is 9.88. The van der Waals surface area contributed by atoms with Crippen molar-refractivity contribution in [2.45, 2.75) is 25.3 Å². The van der Waals surface area contributed by atoms with Crippen LogP contribution in [-0.4, -0.2) is 60.9 Å². The van der Waals surface area contributed by atoms with E-state index in [0.29, 0.717) is 12.2 Å². The zero-order valence-corrected chi connectivity index (χ0v) is 17.6. The van der Waals surface area contributed by atoms with Crippen LogP contribution < -0.4 is 10.6 Å². The number of piperazine rings is 1. The van der Waals surface area contributed by atoms with Gasteiger partial charge in [0.1, 0.15) is 5.82 Å². The molecule has 6 nitrogen and oxygen atoms in total. The van der Waals surface area contributed by atoms with Gasteiger partial charge in [-0.25, -0.2) is 4.39 Å². The maximum absolute atomic E-state index is 13.0. The standard InChI is InChI=1S/C24H29FN4O2/c25-19-8-10-20(11-9-19)26-23(30)16-28-12-14-29(15-13-28)17-24(31)27-22-7-3-5-18-4-1-2-6-21(18)22/h1-2,4,6,8-11,22H,3,5,7,12-17H2,(H,26,30)(H,27,31)/t22-/m0/s1. The lowest BCUT2D eigenvalue weighted by Gasteiger charge is -2.34. The molecule has 31 heavy (non-hydrogen) atoms. The lowest BCUT2D eigenvalue weighted by Crippen LogP contribution is -2.51. The summed E-state index contributed by atoms with van der Waals surface area (Å²) in [6.07, 6.45) is 3.17. The number of aryl methyl sites for hydroxylation is 1. The molecule has 0 radical (unpaired) electrons. The molecule has 1 aliphatic carbocycles. The van der Waals surface area contributed by atoms with Crippen molar-refractivity contribution in [3.05, 3.63) is 65.5 Å². The molecule has 2 N–H and O–H groups in total. The monoisotopic (exact) mass is 424 g/mol. The summed E-state index contributed by atoms with van der Waals surface area (Å²) in [6.45, 7) is 3.63. The second-order valence-electron chi connectivity index (χ2n) is 8.32. The number of rotatable bonds is 6. The van der Waals surface area contributed by atoms with Crippen molar-refractivity contribution in [2.75, 3.05) is 44.6 Å². The van der Waals surface area contributed by atoms with E-state index in [9.17, 15) is 14.0 Å².